The molecule has 0 heterocycles. The molecule has 18 heavy (non-hydrogen) atoms. The standard InChI is InChI=1S/C10H7F2NO5/c11-10(12)4-9(10,8(15)16)5-1-2-7(14)6(3-5)13(17)18/h1-3,14H,4H2,(H,15,16). The smallest absolute Gasteiger partial charge is 0.320 e. The van der Waals surface area contributed by atoms with Crippen molar-refractivity contribution in [1.29, 1.82) is 0 Å². The summed E-state index contributed by atoms with van der Waals surface area (Å²) in [7, 11) is 0. The third kappa shape index (κ3) is 1.41. The summed E-state index contributed by atoms with van der Waals surface area (Å²) in [4.78, 5) is 20.6. The van der Waals surface area contributed by atoms with Crippen LogP contribution < -0.4 is 0 Å². The van der Waals surface area contributed by atoms with Gasteiger partial charge in [-0.25, -0.2) is 8.78 Å². The second kappa shape index (κ2) is 3.37. The van der Waals surface area contributed by atoms with Gasteiger partial charge in [0, 0.05) is 12.5 Å². The highest BCUT2D eigenvalue weighted by Gasteiger charge is 2.77. The number of alkyl halides is 2. The largest absolute Gasteiger partial charge is 0.502 e. The molecule has 0 amide bonds. The van der Waals surface area contributed by atoms with E-state index in [4.69, 9.17) is 5.11 Å². The fourth-order valence-corrected chi connectivity index (χ4v) is 1.89. The lowest BCUT2D eigenvalue weighted by molar-refractivity contribution is -0.385. The van der Waals surface area contributed by atoms with Gasteiger partial charge < -0.3 is 10.2 Å². The Morgan fingerprint density at radius 1 is 1.44 bits per heavy atom. The van der Waals surface area contributed by atoms with Crippen LogP contribution in [-0.2, 0) is 10.2 Å². The number of carboxylic acid groups (broad SMARTS) is 1. The lowest BCUT2D eigenvalue weighted by Crippen LogP contribution is -2.27. The van der Waals surface area contributed by atoms with Crippen molar-refractivity contribution in [2.75, 3.05) is 0 Å². The molecule has 0 saturated heterocycles. The number of aliphatic carboxylic acids is 1. The second-order valence-electron chi connectivity index (χ2n) is 4.05. The van der Waals surface area contributed by atoms with Crippen molar-refractivity contribution in [2.45, 2.75) is 17.8 Å². The van der Waals surface area contributed by atoms with Gasteiger partial charge in [0.1, 0.15) is 0 Å². The summed E-state index contributed by atoms with van der Waals surface area (Å²) in [5.41, 5.74) is -3.61. The molecule has 96 valence electrons. The first-order valence-corrected chi connectivity index (χ1v) is 4.81. The van der Waals surface area contributed by atoms with Crippen molar-refractivity contribution in [3.8, 4) is 5.75 Å². The Labute approximate surface area is 98.6 Å². The molecule has 8 heteroatoms. The molecule has 2 rings (SSSR count). The minimum Gasteiger partial charge on any atom is -0.502 e. The number of halogens is 2. The van der Waals surface area contributed by atoms with E-state index in [1.807, 2.05) is 0 Å². The third-order valence-corrected chi connectivity index (χ3v) is 3.02. The molecule has 0 bridgehead atoms. The summed E-state index contributed by atoms with van der Waals surface area (Å²) < 4.78 is 26.4. The minimum atomic E-state index is -3.44. The molecule has 1 aromatic carbocycles. The summed E-state index contributed by atoms with van der Waals surface area (Å²) in [6.45, 7) is 0. The SMILES string of the molecule is O=C(O)C1(c2ccc(O)c([N+](=O)[O-])c2)CC1(F)F. The van der Waals surface area contributed by atoms with Crippen LogP contribution in [0.25, 0.3) is 0 Å². The molecule has 0 spiro atoms. The number of carboxylic acids is 1. The maximum absolute atomic E-state index is 13.2. The van der Waals surface area contributed by atoms with E-state index in [-0.39, 0.29) is 5.56 Å². The summed E-state index contributed by atoms with van der Waals surface area (Å²) in [6, 6.07) is 2.47. The quantitative estimate of drug-likeness (QED) is 0.635. The molecule has 0 radical (unpaired) electrons. The van der Waals surface area contributed by atoms with Gasteiger partial charge in [0.15, 0.2) is 11.2 Å². The number of hydrogen-bond acceptors (Lipinski definition) is 4. The Morgan fingerprint density at radius 3 is 2.39 bits per heavy atom. The van der Waals surface area contributed by atoms with E-state index in [0.29, 0.717) is 6.07 Å². The molecule has 1 aliphatic carbocycles. The average molecular weight is 259 g/mol. The number of phenolic OH excluding ortho intramolecular Hbond substituents is 1. The molecular weight excluding hydrogens is 252 g/mol. The molecular formula is C10H7F2NO5. The van der Waals surface area contributed by atoms with Crippen LogP contribution in [0.1, 0.15) is 12.0 Å². The lowest BCUT2D eigenvalue weighted by atomic mass is 9.94. The van der Waals surface area contributed by atoms with Crippen molar-refractivity contribution in [3.63, 3.8) is 0 Å². The molecule has 2 N–H and O–H groups in total. The maximum Gasteiger partial charge on any atom is 0.320 e. The molecule has 0 aromatic heterocycles. The Balaban J connectivity index is 2.56. The molecule has 1 atom stereocenters. The van der Waals surface area contributed by atoms with Crippen LogP contribution in [0.15, 0.2) is 18.2 Å². The van der Waals surface area contributed by atoms with E-state index in [0.717, 1.165) is 12.1 Å². The molecule has 1 saturated carbocycles. The first-order valence-electron chi connectivity index (χ1n) is 4.81. The van der Waals surface area contributed by atoms with Crippen LogP contribution in [0.2, 0.25) is 0 Å². The highest BCUT2D eigenvalue weighted by atomic mass is 19.3. The van der Waals surface area contributed by atoms with Crippen LogP contribution in [0.4, 0.5) is 14.5 Å². The van der Waals surface area contributed by atoms with Gasteiger partial charge in [0.2, 0.25) is 0 Å². The molecule has 1 aromatic rings. The number of carbonyl (C=O) groups is 1. The van der Waals surface area contributed by atoms with E-state index in [1.54, 1.807) is 0 Å². The average Bonchev–Trinajstić information content (AvgIpc) is 2.83. The van der Waals surface area contributed by atoms with Crippen LogP contribution in [-0.4, -0.2) is 27.0 Å². The fourth-order valence-electron chi connectivity index (χ4n) is 1.89. The van der Waals surface area contributed by atoms with Crippen LogP contribution >= 0.6 is 0 Å². The fraction of sp³-hybridized carbons (Fsp3) is 0.300. The van der Waals surface area contributed by atoms with Gasteiger partial charge in [0.25, 0.3) is 5.92 Å². The zero-order chi connectivity index (χ0) is 13.7. The van der Waals surface area contributed by atoms with Gasteiger partial charge in [-0.2, -0.15) is 0 Å². The third-order valence-electron chi connectivity index (χ3n) is 3.02. The van der Waals surface area contributed by atoms with Gasteiger partial charge in [-0.1, -0.05) is 6.07 Å². The Bertz CT molecular complexity index is 559. The number of nitro groups is 1. The minimum absolute atomic E-state index is 0.385. The zero-order valence-corrected chi connectivity index (χ0v) is 8.76. The Morgan fingerprint density at radius 2 is 2.00 bits per heavy atom. The molecule has 1 unspecified atom stereocenters. The Hall–Kier alpha value is -2.25. The second-order valence-corrected chi connectivity index (χ2v) is 4.05. The predicted octanol–water partition coefficient (Wildman–Crippen LogP) is 1.66. The van der Waals surface area contributed by atoms with Crippen molar-refractivity contribution < 1.29 is 28.7 Å². The van der Waals surface area contributed by atoms with Crippen molar-refractivity contribution in [3.05, 3.63) is 33.9 Å². The van der Waals surface area contributed by atoms with Gasteiger partial charge in [-0.3, -0.25) is 14.9 Å². The van der Waals surface area contributed by atoms with Crippen molar-refractivity contribution in [2.24, 2.45) is 0 Å². The van der Waals surface area contributed by atoms with Gasteiger partial charge in [-0.05, 0) is 11.6 Å². The predicted molar refractivity (Wildman–Crippen MR) is 53.6 cm³/mol. The number of rotatable bonds is 3. The molecule has 0 aliphatic heterocycles. The molecule has 1 fully saturated rings. The van der Waals surface area contributed by atoms with Crippen molar-refractivity contribution in [1.82, 2.24) is 0 Å². The Kier molecular flexibility index (Phi) is 2.29. The van der Waals surface area contributed by atoms with Crippen molar-refractivity contribution >= 4 is 11.7 Å². The van der Waals surface area contributed by atoms with E-state index < -0.39 is 40.1 Å². The van der Waals surface area contributed by atoms with Gasteiger partial charge >= 0.3 is 11.7 Å². The van der Waals surface area contributed by atoms with E-state index in [9.17, 15) is 28.8 Å². The van der Waals surface area contributed by atoms with Gasteiger partial charge in [-0.15, -0.1) is 0 Å². The number of phenols is 1. The summed E-state index contributed by atoms with van der Waals surface area (Å²) in [6.07, 6.45) is -0.905. The summed E-state index contributed by atoms with van der Waals surface area (Å²) in [5.74, 6) is -5.88. The summed E-state index contributed by atoms with van der Waals surface area (Å²) >= 11 is 0. The highest BCUT2D eigenvalue weighted by Crippen LogP contribution is 2.62. The van der Waals surface area contributed by atoms with E-state index in [1.165, 1.54) is 0 Å². The number of aromatic hydroxyl groups is 1. The van der Waals surface area contributed by atoms with E-state index in [2.05, 4.69) is 0 Å². The molecule has 1 aliphatic rings. The van der Waals surface area contributed by atoms with Gasteiger partial charge in [0.05, 0.1) is 4.92 Å². The van der Waals surface area contributed by atoms with Crippen LogP contribution in [0.5, 0.6) is 5.75 Å². The first-order chi connectivity index (χ1) is 8.22. The number of nitro benzene ring substituents is 1. The topological polar surface area (TPSA) is 101 Å². The number of benzene rings is 1. The number of hydrogen-bond donors (Lipinski definition) is 2. The number of nitrogens with zero attached hydrogens (tertiary/aromatic N) is 1. The zero-order valence-electron chi connectivity index (χ0n) is 8.76. The molecule has 6 nitrogen and oxygen atoms in total. The maximum atomic E-state index is 13.2. The van der Waals surface area contributed by atoms with Crippen LogP contribution in [0.3, 0.4) is 0 Å². The monoisotopic (exact) mass is 259 g/mol. The summed E-state index contributed by atoms with van der Waals surface area (Å²) in [5, 5.41) is 28.6. The first kappa shape index (κ1) is 12.2. The van der Waals surface area contributed by atoms with E-state index >= 15 is 0 Å². The lowest BCUT2D eigenvalue weighted by Gasteiger charge is -2.11. The van der Waals surface area contributed by atoms with Crippen LogP contribution in [0, 0.1) is 10.1 Å². The normalized spacial score (nSPS) is 24.6. The highest BCUT2D eigenvalue weighted by molar-refractivity contribution is 5.88.